The largest absolute Gasteiger partial charge is 0.464 e. The van der Waals surface area contributed by atoms with Gasteiger partial charge in [0.25, 0.3) is 5.91 Å². The van der Waals surface area contributed by atoms with Crippen LogP contribution in [-0.2, 0) is 6.54 Å². The lowest BCUT2D eigenvalue weighted by molar-refractivity contribution is 0.0952. The molecule has 3 N–H and O–H groups in total. The Labute approximate surface area is 114 Å². The summed E-state index contributed by atoms with van der Waals surface area (Å²) in [5.41, 5.74) is 2.40. The first-order chi connectivity index (χ1) is 9.60. The molecule has 20 heavy (non-hydrogen) atoms. The minimum Gasteiger partial charge on any atom is -0.464 e. The monoisotopic (exact) mass is 276 g/mol. The Hall–Kier alpha value is -2.28. The van der Waals surface area contributed by atoms with Gasteiger partial charge in [0, 0.05) is 18.4 Å². The number of imidazole rings is 1. The fourth-order valence-electron chi connectivity index (χ4n) is 2.27. The number of aromatic nitrogens is 2. The van der Waals surface area contributed by atoms with Gasteiger partial charge in [0.1, 0.15) is 11.5 Å². The smallest absolute Gasteiger partial charge is 0.328 e. The molecule has 1 amide bonds. The van der Waals surface area contributed by atoms with E-state index in [0.717, 1.165) is 12.8 Å². The average Bonchev–Trinajstić information content (AvgIpc) is 3.12. The van der Waals surface area contributed by atoms with Crippen LogP contribution in [0.15, 0.2) is 27.7 Å². The van der Waals surface area contributed by atoms with Gasteiger partial charge in [0.15, 0.2) is 0 Å². The number of nitrogens with two attached hydrogens (primary N) is 1. The van der Waals surface area contributed by atoms with Crippen LogP contribution in [0, 0.1) is 6.92 Å². The Kier molecular flexibility index (Phi) is 2.98. The number of furan rings is 1. The predicted molar refractivity (Wildman–Crippen MR) is 71.2 cm³/mol. The molecule has 0 aliphatic heterocycles. The minimum absolute atomic E-state index is 0.0496. The summed E-state index contributed by atoms with van der Waals surface area (Å²) < 4.78 is 8.81. The summed E-state index contributed by atoms with van der Waals surface area (Å²) in [6.07, 6.45) is 5.65. The van der Waals surface area contributed by atoms with E-state index in [0.29, 0.717) is 29.7 Å². The van der Waals surface area contributed by atoms with Gasteiger partial charge in [-0.3, -0.25) is 19.4 Å². The summed E-state index contributed by atoms with van der Waals surface area (Å²) >= 11 is 0. The Balaban J connectivity index is 1.84. The highest BCUT2D eigenvalue weighted by Gasteiger charge is 2.25. The van der Waals surface area contributed by atoms with Crippen molar-refractivity contribution in [2.45, 2.75) is 32.4 Å². The molecule has 0 bridgehead atoms. The molecule has 7 heteroatoms. The number of carbonyl (C=O) groups is 1. The summed E-state index contributed by atoms with van der Waals surface area (Å²) in [4.78, 5) is 23.6. The molecule has 0 radical (unpaired) electrons. The zero-order valence-corrected chi connectivity index (χ0v) is 11.1. The van der Waals surface area contributed by atoms with Crippen LogP contribution in [0.25, 0.3) is 0 Å². The Morgan fingerprint density at radius 1 is 1.50 bits per heavy atom. The van der Waals surface area contributed by atoms with Gasteiger partial charge >= 0.3 is 5.69 Å². The number of nitrogens with zero attached hydrogens (tertiary/aromatic N) is 2. The van der Waals surface area contributed by atoms with Crippen molar-refractivity contribution in [1.29, 1.82) is 0 Å². The lowest BCUT2D eigenvalue weighted by Crippen LogP contribution is -2.30. The topological polar surface area (TPSA) is 95.2 Å². The number of carbonyl (C=O) groups excluding carboxylic acids is 1. The molecule has 1 aliphatic carbocycles. The normalized spacial score (nSPS) is 14.5. The van der Waals surface area contributed by atoms with E-state index in [4.69, 9.17) is 10.3 Å². The van der Waals surface area contributed by atoms with Crippen LogP contribution in [-0.4, -0.2) is 15.0 Å². The lowest BCUT2D eigenvalue weighted by atomic mass is 10.2. The van der Waals surface area contributed by atoms with Crippen LogP contribution < -0.4 is 17.0 Å². The zero-order chi connectivity index (χ0) is 14.3. The van der Waals surface area contributed by atoms with E-state index in [-0.39, 0.29) is 5.69 Å². The van der Waals surface area contributed by atoms with Gasteiger partial charge in [-0.2, -0.15) is 0 Å². The van der Waals surface area contributed by atoms with Gasteiger partial charge < -0.3 is 4.42 Å². The first-order valence-electron chi connectivity index (χ1n) is 6.47. The average molecular weight is 276 g/mol. The van der Waals surface area contributed by atoms with E-state index in [1.165, 1.54) is 0 Å². The second-order valence-electron chi connectivity index (χ2n) is 5.00. The third-order valence-electron chi connectivity index (χ3n) is 3.48. The SMILES string of the molecule is Cc1oc(Cn2ccn(C3CC3)c2=O)cc1C(=O)NN. The number of aryl methyl sites for hydroxylation is 1. The summed E-state index contributed by atoms with van der Waals surface area (Å²) in [5.74, 6) is 5.74. The highest BCUT2D eigenvalue weighted by Crippen LogP contribution is 2.33. The number of hydrogen-bond donors (Lipinski definition) is 2. The van der Waals surface area contributed by atoms with Crippen molar-refractivity contribution in [2.24, 2.45) is 5.84 Å². The van der Waals surface area contributed by atoms with Crippen molar-refractivity contribution < 1.29 is 9.21 Å². The Morgan fingerprint density at radius 2 is 2.25 bits per heavy atom. The maximum absolute atomic E-state index is 12.1. The first-order valence-corrected chi connectivity index (χ1v) is 6.47. The minimum atomic E-state index is -0.402. The number of rotatable bonds is 4. The van der Waals surface area contributed by atoms with E-state index in [2.05, 4.69) is 5.43 Å². The molecular weight excluding hydrogens is 260 g/mol. The van der Waals surface area contributed by atoms with Crippen LogP contribution in [0.1, 0.15) is 40.8 Å². The van der Waals surface area contributed by atoms with Crippen LogP contribution in [0.3, 0.4) is 0 Å². The predicted octanol–water partition coefficient (Wildman–Crippen LogP) is 0.538. The van der Waals surface area contributed by atoms with Crippen LogP contribution in [0.4, 0.5) is 0 Å². The van der Waals surface area contributed by atoms with E-state index < -0.39 is 5.91 Å². The van der Waals surface area contributed by atoms with Crippen LogP contribution >= 0.6 is 0 Å². The highest BCUT2D eigenvalue weighted by molar-refractivity contribution is 5.94. The molecule has 0 aromatic carbocycles. The number of hydrogen-bond acceptors (Lipinski definition) is 4. The van der Waals surface area contributed by atoms with Gasteiger partial charge in [-0.1, -0.05) is 0 Å². The zero-order valence-electron chi connectivity index (χ0n) is 11.1. The second-order valence-corrected chi connectivity index (χ2v) is 5.00. The summed E-state index contributed by atoms with van der Waals surface area (Å²) in [5, 5.41) is 0. The Bertz CT molecular complexity index is 706. The first kappa shape index (κ1) is 12.7. The molecule has 0 atom stereocenters. The third kappa shape index (κ3) is 2.16. The fraction of sp³-hybridized carbons (Fsp3) is 0.385. The number of nitrogen functional groups attached to an aromatic ring is 1. The van der Waals surface area contributed by atoms with Crippen LogP contribution in [0.5, 0.6) is 0 Å². The molecule has 2 aromatic rings. The van der Waals surface area contributed by atoms with Crippen LogP contribution in [0.2, 0.25) is 0 Å². The van der Waals surface area contributed by atoms with Crippen molar-refractivity contribution in [2.75, 3.05) is 0 Å². The van der Waals surface area contributed by atoms with Crippen molar-refractivity contribution >= 4 is 5.91 Å². The van der Waals surface area contributed by atoms with Gasteiger partial charge in [-0.15, -0.1) is 0 Å². The molecule has 0 spiro atoms. The summed E-state index contributed by atoms with van der Waals surface area (Å²) in [6.45, 7) is 1.99. The third-order valence-corrected chi connectivity index (χ3v) is 3.48. The number of amides is 1. The Morgan fingerprint density at radius 3 is 2.90 bits per heavy atom. The number of nitrogens with one attached hydrogen (secondary N) is 1. The standard InChI is InChI=1S/C13H16N4O3/c1-8-11(12(18)15-14)6-10(20-8)7-16-4-5-17(13(16)19)9-2-3-9/h4-6,9H,2-3,7,14H2,1H3,(H,15,18). The van der Waals surface area contributed by atoms with Crippen molar-refractivity contribution in [3.8, 4) is 0 Å². The molecule has 2 aromatic heterocycles. The van der Waals surface area contributed by atoms with E-state index in [1.54, 1.807) is 34.5 Å². The molecule has 0 saturated heterocycles. The molecule has 1 saturated carbocycles. The maximum atomic E-state index is 12.1. The molecule has 2 heterocycles. The van der Waals surface area contributed by atoms with Crippen molar-refractivity contribution in [3.63, 3.8) is 0 Å². The quantitative estimate of drug-likeness (QED) is 0.484. The molecule has 1 aliphatic rings. The van der Waals surface area contributed by atoms with Gasteiger partial charge in [0.2, 0.25) is 0 Å². The number of hydrazine groups is 1. The molecule has 106 valence electrons. The molecular formula is C13H16N4O3. The fourth-order valence-corrected chi connectivity index (χ4v) is 2.27. The molecule has 1 fully saturated rings. The molecule has 0 unspecified atom stereocenters. The summed E-state index contributed by atoms with van der Waals surface area (Å²) in [6, 6.07) is 1.96. The second kappa shape index (κ2) is 4.68. The highest BCUT2D eigenvalue weighted by atomic mass is 16.3. The van der Waals surface area contributed by atoms with E-state index in [1.807, 2.05) is 0 Å². The van der Waals surface area contributed by atoms with E-state index >= 15 is 0 Å². The molecule has 7 nitrogen and oxygen atoms in total. The molecule has 3 rings (SSSR count). The van der Waals surface area contributed by atoms with Gasteiger partial charge in [-0.05, 0) is 25.8 Å². The van der Waals surface area contributed by atoms with Crippen molar-refractivity contribution in [1.82, 2.24) is 14.6 Å². The maximum Gasteiger partial charge on any atom is 0.328 e. The summed E-state index contributed by atoms with van der Waals surface area (Å²) in [7, 11) is 0. The van der Waals surface area contributed by atoms with Gasteiger partial charge in [-0.25, -0.2) is 10.6 Å². The lowest BCUT2D eigenvalue weighted by Gasteiger charge is -1.98. The van der Waals surface area contributed by atoms with Gasteiger partial charge in [0.05, 0.1) is 12.1 Å². The van der Waals surface area contributed by atoms with Crippen molar-refractivity contribution in [3.05, 3.63) is 46.0 Å². The van der Waals surface area contributed by atoms with E-state index in [9.17, 15) is 9.59 Å².